The molecule has 1 heterocycles. The van der Waals surface area contributed by atoms with E-state index in [0.717, 1.165) is 0 Å². The second kappa shape index (κ2) is 4.87. The summed E-state index contributed by atoms with van der Waals surface area (Å²) in [6, 6.07) is 7.24. The van der Waals surface area contributed by atoms with Crippen LogP contribution in [0.15, 0.2) is 39.3 Å². The number of aromatic amines is 1. The van der Waals surface area contributed by atoms with Crippen LogP contribution in [0.25, 0.3) is 0 Å². The largest absolute Gasteiger partial charge is 0.494 e. The number of H-pyrrole nitrogens is 1. The average molecular weight is 246 g/mol. The second-order valence-corrected chi connectivity index (χ2v) is 3.82. The Balaban J connectivity index is 2.39. The smallest absolute Gasteiger partial charge is 0.294 e. The molecule has 0 bridgehead atoms. The third kappa shape index (κ3) is 2.17. The van der Waals surface area contributed by atoms with Crippen molar-refractivity contribution in [3.8, 4) is 5.75 Å². The zero-order valence-corrected chi connectivity index (χ0v) is 10.5. The molecule has 0 atom stereocenters. The fourth-order valence-corrected chi connectivity index (χ4v) is 1.61. The quantitative estimate of drug-likeness (QED) is 0.845. The Kier molecular flexibility index (Phi) is 3.27. The molecular weight excluding hydrogens is 232 g/mol. The van der Waals surface area contributed by atoms with E-state index < -0.39 is 0 Å². The normalized spacial score (nSPS) is 11.1. The summed E-state index contributed by atoms with van der Waals surface area (Å²) in [7, 11) is 3.20. The SMILES string of the molecule is COc1ccccc1N=Nc1c(C)[nH]n(C)c1=O. The number of rotatable bonds is 3. The molecule has 1 aromatic heterocycles. The number of nitrogens with zero attached hydrogens (tertiary/aromatic N) is 3. The standard InChI is InChI=1S/C12H14N4O2/c1-8-11(12(17)16(2)15-8)14-13-9-6-4-5-7-10(9)18-3/h4-7,15H,1-3H3. The van der Waals surface area contributed by atoms with Crippen molar-refractivity contribution in [2.24, 2.45) is 17.3 Å². The number of azo groups is 1. The number of hydrogen-bond donors (Lipinski definition) is 1. The minimum absolute atomic E-state index is 0.203. The molecule has 94 valence electrons. The van der Waals surface area contributed by atoms with E-state index in [-0.39, 0.29) is 5.56 Å². The second-order valence-electron chi connectivity index (χ2n) is 3.82. The number of hydrogen-bond acceptors (Lipinski definition) is 4. The van der Waals surface area contributed by atoms with Gasteiger partial charge >= 0.3 is 0 Å². The van der Waals surface area contributed by atoms with E-state index in [0.29, 0.717) is 22.8 Å². The van der Waals surface area contributed by atoms with Gasteiger partial charge in [0.25, 0.3) is 5.56 Å². The highest BCUT2D eigenvalue weighted by Gasteiger charge is 2.08. The lowest BCUT2D eigenvalue weighted by molar-refractivity contribution is 0.416. The molecule has 0 aliphatic heterocycles. The van der Waals surface area contributed by atoms with Crippen LogP contribution in [-0.2, 0) is 7.05 Å². The maximum absolute atomic E-state index is 11.7. The Morgan fingerprint density at radius 2 is 2.00 bits per heavy atom. The van der Waals surface area contributed by atoms with E-state index in [2.05, 4.69) is 15.3 Å². The van der Waals surface area contributed by atoms with Gasteiger partial charge in [0.1, 0.15) is 11.4 Å². The molecule has 0 radical (unpaired) electrons. The van der Waals surface area contributed by atoms with Crippen molar-refractivity contribution >= 4 is 11.4 Å². The lowest BCUT2D eigenvalue weighted by atomic mass is 10.3. The lowest BCUT2D eigenvalue weighted by Gasteiger charge is -2.01. The van der Waals surface area contributed by atoms with Gasteiger partial charge in [-0.1, -0.05) is 12.1 Å². The van der Waals surface area contributed by atoms with Crippen LogP contribution in [0.5, 0.6) is 5.75 Å². The number of nitrogens with one attached hydrogen (secondary N) is 1. The van der Waals surface area contributed by atoms with Crippen LogP contribution in [0.3, 0.4) is 0 Å². The maximum Gasteiger partial charge on any atom is 0.294 e. The van der Waals surface area contributed by atoms with Crippen molar-refractivity contribution < 1.29 is 4.74 Å². The average Bonchev–Trinajstić information content (AvgIpc) is 2.62. The summed E-state index contributed by atoms with van der Waals surface area (Å²) in [5.41, 5.74) is 1.37. The zero-order valence-electron chi connectivity index (χ0n) is 10.5. The number of aryl methyl sites for hydroxylation is 2. The molecule has 0 unspecified atom stereocenters. The Labute approximate surface area is 104 Å². The predicted molar refractivity (Wildman–Crippen MR) is 67.9 cm³/mol. The number of benzene rings is 1. The third-order valence-corrected chi connectivity index (χ3v) is 2.54. The highest BCUT2D eigenvalue weighted by Crippen LogP contribution is 2.27. The van der Waals surface area contributed by atoms with Gasteiger partial charge in [-0.3, -0.25) is 14.6 Å². The van der Waals surface area contributed by atoms with E-state index >= 15 is 0 Å². The molecular formula is C12H14N4O2. The van der Waals surface area contributed by atoms with Crippen LogP contribution in [0, 0.1) is 6.92 Å². The molecule has 1 aromatic carbocycles. The summed E-state index contributed by atoms with van der Waals surface area (Å²) >= 11 is 0. The van der Waals surface area contributed by atoms with Crippen molar-refractivity contribution in [3.63, 3.8) is 0 Å². The first-order chi connectivity index (χ1) is 8.63. The summed E-state index contributed by atoms with van der Waals surface area (Å²) in [5.74, 6) is 0.617. The Morgan fingerprint density at radius 3 is 2.61 bits per heavy atom. The number of methoxy groups -OCH3 is 1. The highest BCUT2D eigenvalue weighted by molar-refractivity contribution is 5.51. The van der Waals surface area contributed by atoms with E-state index in [1.165, 1.54) is 4.68 Å². The first-order valence-electron chi connectivity index (χ1n) is 5.44. The fraction of sp³-hybridized carbons (Fsp3) is 0.250. The summed E-state index contributed by atoms with van der Waals surface area (Å²) in [6.07, 6.45) is 0. The summed E-state index contributed by atoms with van der Waals surface area (Å²) in [5, 5.41) is 10.9. The van der Waals surface area contributed by atoms with Gasteiger partial charge in [-0.05, 0) is 19.1 Å². The van der Waals surface area contributed by atoms with Gasteiger partial charge in [-0.15, -0.1) is 10.2 Å². The van der Waals surface area contributed by atoms with Gasteiger partial charge in [0.05, 0.1) is 12.8 Å². The molecule has 1 N–H and O–H groups in total. The zero-order chi connectivity index (χ0) is 13.1. The van der Waals surface area contributed by atoms with E-state index in [1.54, 1.807) is 33.2 Å². The van der Waals surface area contributed by atoms with E-state index in [4.69, 9.17) is 4.74 Å². The first-order valence-corrected chi connectivity index (χ1v) is 5.44. The minimum Gasteiger partial charge on any atom is -0.494 e. The molecule has 2 rings (SSSR count). The van der Waals surface area contributed by atoms with Gasteiger partial charge in [0, 0.05) is 7.05 Å². The topological polar surface area (TPSA) is 71.7 Å². The molecule has 0 fully saturated rings. The molecule has 0 saturated carbocycles. The van der Waals surface area contributed by atoms with E-state index in [1.807, 2.05) is 12.1 Å². The molecule has 0 aliphatic carbocycles. The van der Waals surface area contributed by atoms with Gasteiger partial charge in [-0.25, -0.2) is 0 Å². The Hall–Kier alpha value is -2.37. The maximum atomic E-state index is 11.7. The van der Waals surface area contributed by atoms with Gasteiger partial charge in [-0.2, -0.15) is 0 Å². The van der Waals surface area contributed by atoms with Crippen LogP contribution in [0.2, 0.25) is 0 Å². The molecule has 0 aliphatic rings. The van der Waals surface area contributed by atoms with Crippen LogP contribution in [-0.4, -0.2) is 16.9 Å². The predicted octanol–water partition coefficient (Wildman–Crippen LogP) is 2.45. The monoisotopic (exact) mass is 246 g/mol. The summed E-state index contributed by atoms with van der Waals surface area (Å²) < 4.78 is 6.52. The van der Waals surface area contributed by atoms with Gasteiger partial charge in [0.2, 0.25) is 0 Å². The van der Waals surface area contributed by atoms with Crippen molar-refractivity contribution in [2.45, 2.75) is 6.92 Å². The Bertz CT molecular complexity index is 640. The van der Waals surface area contributed by atoms with Crippen LogP contribution >= 0.6 is 0 Å². The molecule has 0 amide bonds. The Morgan fingerprint density at radius 1 is 1.28 bits per heavy atom. The molecule has 18 heavy (non-hydrogen) atoms. The molecule has 0 spiro atoms. The van der Waals surface area contributed by atoms with Crippen LogP contribution in [0.4, 0.5) is 11.4 Å². The van der Waals surface area contributed by atoms with Crippen molar-refractivity contribution in [3.05, 3.63) is 40.3 Å². The first kappa shape index (κ1) is 12.1. The lowest BCUT2D eigenvalue weighted by Crippen LogP contribution is -2.10. The number of aromatic nitrogens is 2. The van der Waals surface area contributed by atoms with Crippen LogP contribution in [0.1, 0.15) is 5.69 Å². The third-order valence-electron chi connectivity index (χ3n) is 2.54. The summed E-state index contributed by atoms with van der Waals surface area (Å²) in [6.45, 7) is 1.78. The molecule has 6 heteroatoms. The van der Waals surface area contributed by atoms with Crippen LogP contribution < -0.4 is 10.3 Å². The van der Waals surface area contributed by atoms with Gasteiger partial charge < -0.3 is 4.74 Å². The molecule has 6 nitrogen and oxygen atoms in total. The van der Waals surface area contributed by atoms with Crippen molar-refractivity contribution in [1.82, 2.24) is 9.78 Å². The number of ether oxygens (including phenoxy) is 1. The minimum atomic E-state index is -0.203. The number of para-hydroxylation sites is 1. The highest BCUT2D eigenvalue weighted by atomic mass is 16.5. The van der Waals surface area contributed by atoms with Crippen molar-refractivity contribution in [1.29, 1.82) is 0 Å². The van der Waals surface area contributed by atoms with E-state index in [9.17, 15) is 4.79 Å². The molecule has 2 aromatic rings. The van der Waals surface area contributed by atoms with Crippen molar-refractivity contribution in [2.75, 3.05) is 7.11 Å². The molecule has 0 saturated heterocycles. The van der Waals surface area contributed by atoms with Gasteiger partial charge in [0.15, 0.2) is 5.69 Å². The summed E-state index contributed by atoms with van der Waals surface area (Å²) in [4.78, 5) is 11.7. The fourth-order valence-electron chi connectivity index (χ4n) is 1.61.